The maximum absolute atomic E-state index is 12.0. The van der Waals surface area contributed by atoms with Crippen molar-refractivity contribution in [2.24, 2.45) is 5.73 Å². The molecule has 3 N–H and O–H groups in total. The van der Waals surface area contributed by atoms with Crippen molar-refractivity contribution in [3.8, 4) is 0 Å². The summed E-state index contributed by atoms with van der Waals surface area (Å²) in [6, 6.07) is 4.19. The third-order valence-electron chi connectivity index (χ3n) is 3.01. The van der Waals surface area contributed by atoms with E-state index < -0.39 is 4.92 Å². The molecule has 0 saturated carbocycles. The first-order chi connectivity index (χ1) is 10.4. The first-order valence-electron chi connectivity index (χ1n) is 6.61. The summed E-state index contributed by atoms with van der Waals surface area (Å²) in [6.45, 7) is 3.60. The predicted octanol–water partition coefficient (Wildman–Crippen LogP) is 2.56. The van der Waals surface area contributed by atoms with Crippen LogP contribution in [-0.2, 0) is 11.2 Å². The van der Waals surface area contributed by atoms with Gasteiger partial charge in [-0.25, -0.2) is 4.98 Å². The Morgan fingerprint density at radius 2 is 2.27 bits per heavy atom. The Labute approximate surface area is 131 Å². The van der Waals surface area contributed by atoms with Crippen LogP contribution in [-0.4, -0.2) is 15.8 Å². The van der Waals surface area contributed by atoms with Gasteiger partial charge in [0.1, 0.15) is 5.01 Å². The molecule has 116 valence electrons. The lowest BCUT2D eigenvalue weighted by atomic mass is 10.1. The zero-order chi connectivity index (χ0) is 16.3. The van der Waals surface area contributed by atoms with Crippen LogP contribution in [0.4, 0.5) is 11.4 Å². The summed E-state index contributed by atoms with van der Waals surface area (Å²) >= 11 is 1.41. The Balaban J connectivity index is 2.08. The van der Waals surface area contributed by atoms with Crippen molar-refractivity contribution in [3.63, 3.8) is 0 Å². The summed E-state index contributed by atoms with van der Waals surface area (Å²) in [5.41, 5.74) is 7.50. The van der Waals surface area contributed by atoms with Crippen LogP contribution in [0.5, 0.6) is 0 Å². The lowest BCUT2D eigenvalue weighted by Crippen LogP contribution is -2.15. The molecule has 0 aliphatic rings. The number of carbonyl (C=O) groups excluding carboxylic acids is 1. The highest BCUT2D eigenvalue weighted by atomic mass is 32.1. The van der Waals surface area contributed by atoms with Crippen LogP contribution in [0.3, 0.4) is 0 Å². The smallest absolute Gasteiger partial charge is 0.271 e. The lowest BCUT2D eigenvalue weighted by molar-refractivity contribution is -0.384. The first kappa shape index (κ1) is 16.1. The number of aryl methyl sites for hydroxylation is 1. The van der Waals surface area contributed by atoms with Gasteiger partial charge in [0, 0.05) is 17.5 Å². The first-order valence-corrected chi connectivity index (χ1v) is 7.49. The monoisotopic (exact) mass is 320 g/mol. The number of nitrogens with one attached hydrogen (secondary N) is 1. The molecule has 0 aliphatic heterocycles. The van der Waals surface area contributed by atoms with E-state index in [9.17, 15) is 14.9 Å². The molecular formula is C14H16N4O3S. The van der Waals surface area contributed by atoms with Crippen molar-refractivity contribution >= 4 is 28.6 Å². The Hall–Kier alpha value is -2.32. The highest BCUT2D eigenvalue weighted by Gasteiger charge is 2.13. The zero-order valence-electron chi connectivity index (χ0n) is 12.2. The fourth-order valence-electron chi connectivity index (χ4n) is 1.83. The van der Waals surface area contributed by atoms with Gasteiger partial charge in [0.15, 0.2) is 0 Å². The average molecular weight is 320 g/mol. The van der Waals surface area contributed by atoms with Crippen LogP contribution in [0.2, 0.25) is 0 Å². The summed E-state index contributed by atoms with van der Waals surface area (Å²) in [7, 11) is 0. The molecule has 2 aromatic rings. The van der Waals surface area contributed by atoms with Crippen LogP contribution in [0.15, 0.2) is 23.6 Å². The summed E-state index contributed by atoms with van der Waals surface area (Å²) in [5, 5.41) is 16.0. The lowest BCUT2D eigenvalue weighted by Gasteiger charge is -2.07. The molecule has 0 bridgehead atoms. The number of hydrogen-bond donors (Lipinski definition) is 2. The van der Waals surface area contributed by atoms with E-state index in [0.717, 1.165) is 10.6 Å². The number of nitro benzene ring substituents is 1. The van der Waals surface area contributed by atoms with Gasteiger partial charge in [0.2, 0.25) is 5.91 Å². The van der Waals surface area contributed by atoms with Crippen molar-refractivity contribution in [1.29, 1.82) is 0 Å². The van der Waals surface area contributed by atoms with E-state index in [0.29, 0.717) is 11.4 Å². The number of anilines is 1. The number of benzene rings is 1. The van der Waals surface area contributed by atoms with Gasteiger partial charge in [-0.15, -0.1) is 11.3 Å². The van der Waals surface area contributed by atoms with Gasteiger partial charge in [0.25, 0.3) is 5.69 Å². The molecule has 1 unspecified atom stereocenters. The number of carbonyl (C=O) groups is 1. The van der Waals surface area contributed by atoms with Crippen molar-refractivity contribution in [2.45, 2.75) is 26.3 Å². The van der Waals surface area contributed by atoms with Crippen molar-refractivity contribution in [3.05, 3.63) is 50.0 Å². The molecule has 22 heavy (non-hydrogen) atoms. The van der Waals surface area contributed by atoms with Gasteiger partial charge in [-0.1, -0.05) is 6.07 Å². The van der Waals surface area contributed by atoms with E-state index in [-0.39, 0.29) is 24.1 Å². The van der Waals surface area contributed by atoms with Gasteiger partial charge >= 0.3 is 0 Å². The van der Waals surface area contributed by atoms with Crippen LogP contribution in [0.1, 0.15) is 29.2 Å². The SMILES string of the molecule is Cc1ccc([N+](=O)[O-])cc1NC(=O)Cc1csc(C(C)N)n1. The number of nitrogens with zero attached hydrogens (tertiary/aromatic N) is 2. The number of hydrogen-bond acceptors (Lipinski definition) is 6. The van der Waals surface area contributed by atoms with E-state index in [1.165, 1.54) is 23.5 Å². The fraction of sp³-hybridized carbons (Fsp3) is 0.286. The van der Waals surface area contributed by atoms with Gasteiger partial charge in [-0.2, -0.15) is 0 Å². The Morgan fingerprint density at radius 1 is 1.55 bits per heavy atom. The molecule has 0 spiro atoms. The van der Waals surface area contributed by atoms with Crippen molar-refractivity contribution in [1.82, 2.24) is 4.98 Å². The minimum absolute atomic E-state index is 0.0613. The fourth-order valence-corrected chi connectivity index (χ4v) is 2.61. The quantitative estimate of drug-likeness (QED) is 0.649. The number of thiazole rings is 1. The van der Waals surface area contributed by atoms with Crippen LogP contribution >= 0.6 is 11.3 Å². The number of nitro groups is 1. The molecule has 7 nitrogen and oxygen atoms in total. The van der Waals surface area contributed by atoms with Gasteiger partial charge in [-0.3, -0.25) is 14.9 Å². The topological polar surface area (TPSA) is 111 Å². The van der Waals surface area contributed by atoms with Crippen LogP contribution in [0.25, 0.3) is 0 Å². The summed E-state index contributed by atoms with van der Waals surface area (Å²) in [5.74, 6) is -0.273. The molecule has 0 aliphatic carbocycles. The Morgan fingerprint density at radius 3 is 2.86 bits per heavy atom. The second kappa shape index (κ2) is 6.63. The Kier molecular flexibility index (Phi) is 4.84. The maximum Gasteiger partial charge on any atom is 0.271 e. The van der Waals surface area contributed by atoms with Gasteiger partial charge in [-0.05, 0) is 19.4 Å². The van der Waals surface area contributed by atoms with E-state index in [1.807, 2.05) is 6.92 Å². The molecular weight excluding hydrogens is 304 g/mol. The maximum atomic E-state index is 12.0. The molecule has 2 rings (SSSR count). The van der Waals surface area contributed by atoms with Gasteiger partial charge < -0.3 is 11.1 Å². The Bertz CT molecular complexity index is 712. The third-order valence-corrected chi connectivity index (χ3v) is 4.10. The van der Waals surface area contributed by atoms with E-state index in [2.05, 4.69) is 10.3 Å². The summed E-state index contributed by atoms with van der Waals surface area (Å²) < 4.78 is 0. The number of non-ortho nitro benzene ring substituents is 1. The molecule has 1 amide bonds. The largest absolute Gasteiger partial charge is 0.325 e. The molecule has 1 heterocycles. The van der Waals surface area contributed by atoms with Crippen molar-refractivity contribution in [2.75, 3.05) is 5.32 Å². The molecule has 1 atom stereocenters. The van der Waals surface area contributed by atoms with Crippen LogP contribution < -0.4 is 11.1 Å². The molecule has 0 fully saturated rings. The van der Waals surface area contributed by atoms with E-state index in [1.54, 1.807) is 18.4 Å². The zero-order valence-corrected chi connectivity index (χ0v) is 13.0. The number of amides is 1. The second-order valence-electron chi connectivity index (χ2n) is 4.95. The molecule has 1 aromatic carbocycles. The molecule has 1 aromatic heterocycles. The number of aromatic nitrogens is 1. The van der Waals surface area contributed by atoms with Gasteiger partial charge in [0.05, 0.1) is 28.8 Å². The number of rotatable bonds is 5. The standard InChI is InChI=1S/C14H16N4O3S/c1-8-3-4-11(18(20)21)6-12(8)17-13(19)5-10-7-22-14(16-10)9(2)15/h3-4,6-7,9H,5,15H2,1-2H3,(H,17,19). The normalized spacial score (nSPS) is 12.0. The van der Waals surface area contributed by atoms with E-state index in [4.69, 9.17) is 5.73 Å². The second-order valence-corrected chi connectivity index (χ2v) is 5.84. The van der Waals surface area contributed by atoms with Crippen LogP contribution in [0, 0.1) is 17.0 Å². The summed E-state index contributed by atoms with van der Waals surface area (Å²) in [6.07, 6.45) is 0.103. The number of nitrogens with two attached hydrogens (primary N) is 1. The molecule has 0 saturated heterocycles. The van der Waals surface area contributed by atoms with E-state index >= 15 is 0 Å². The third kappa shape index (κ3) is 3.86. The highest BCUT2D eigenvalue weighted by Crippen LogP contribution is 2.22. The van der Waals surface area contributed by atoms with Crippen molar-refractivity contribution < 1.29 is 9.72 Å². The summed E-state index contributed by atoms with van der Waals surface area (Å²) in [4.78, 5) is 26.6. The predicted molar refractivity (Wildman–Crippen MR) is 84.9 cm³/mol. The highest BCUT2D eigenvalue weighted by molar-refractivity contribution is 7.09. The molecule has 0 radical (unpaired) electrons. The minimum atomic E-state index is -0.496. The minimum Gasteiger partial charge on any atom is -0.325 e. The molecule has 8 heteroatoms. The average Bonchev–Trinajstić information content (AvgIpc) is 2.89.